The Morgan fingerprint density at radius 3 is 2.05 bits per heavy atom. The molecule has 0 aromatic carbocycles. The molecule has 1 aliphatic heterocycles. The Labute approximate surface area is 112 Å². The molecule has 2 rings (SSSR count). The van der Waals surface area contributed by atoms with Crippen molar-refractivity contribution in [2.45, 2.75) is 41.8 Å². The second-order valence-corrected chi connectivity index (χ2v) is 5.27. The van der Waals surface area contributed by atoms with Gasteiger partial charge >= 0.3 is 12.4 Å². The molecule has 1 saturated carbocycles. The molecule has 1 aliphatic carbocycles. The van der Waals surface area contributed by atoms with Gasteiger partial charge in [0.2, 0.25) is 0 Å². The van der Waals surface area contributed by atoms with Gasteiger partial charge in [0, 0.05) is 0 Å². The molecular formula is C8H8ClF6N2O3+. The van der Waals surface area contributed by atoms with Crippen LogP contribution in [-0.2, 0) is 4.84 Å². The van der Waals surface area contributed by atoms with Gasteiger partial charge in [-0.3, -0.25) is 0 Å². The fourth-order valence-corrected chi connectivity index (χ4v) is 3.60. The van der Waals surface area contributed by atoms with Gasteiger partial charge in [0.05, 0.1) is 11.3 Å². The van der Waals surface area contributed by atoms with Crippen LogP contribution in [0.2, 0.25) is 0 Å². The predicted octanol–water partition coefficient (Wildman–Crippen LogP) is 1.000. The van der Waals surface area contributed by atoms with E-state index < -0.39 is 52.8 Å². The molecule has 5 nitrogen and oxygen atoms in total. The molecule has 0 radical (unpaired) electrons. The molecule has 0 spiro atoms. The summed E-state index contributed by atoms with van der Waals surface area (Å²) in [6.07, 6.45) is -13.3. The van der Waals surface area contributed by atoms with E-state index in [4.69, 9.17) is 11.6 Å². The maximum Gasteiger partial charge on any atom is 0.454 e. The van der Waals surface area contributed by atoms with Gasteiger partial charge < -0.3 is 10.2 Å². The number of nitrogens with zero attached hydrogens (tertiary/aromatic N) is 1. The summed E-state index contributed by atoms with van der Waals surface area (Å²) >= 11 is 5.62. The highest BCUT2D eigenvalue weighted by Gasteiger charge is 2.86. The van der Waals surface area contributed by atoms with Gasteiger partial charge in [0.15, 0.2) is 6.10 Å². The fourth-order valence-electron chi connectivity index (χ4n) is 3.07. The van der Waals surface area contributed by atoms with Crippen LogP contribution in [0.25, 0.3) is 0 Å². The first kappa shape index (κ1) is 15.4. The van der Waals surface area contributed by atoms with Crippen molar-refractivity contribution in [3.05, 3.63) is 10.1 Å². The Morgan fingerprint density at radius 1 is 1.25 bits per heavy atom. The molecule has 0 aromatic heterocycles. The molecule has 0 aromatic rings. The Hall–Kier alpha value is -0.970. The van der Waals surface area contributed by atoms with Gasteiger partial charge in [0.25, 0.3) is 10.6 Å². The van der Waals surface area contributed by atoms with Crippen LogP contribution in [0, 0.1) is 16.0 Å². The summed E-state index contributed by atoms with van der Waals surface area (Å²) in [4.78, 5) is 14.3. The van der Waals surface area contributed by atoms with Crippen LogP contribution in [0.1, 0.15) is 6.42 Å². The molecule has 116 valence electrons. The van der Waals surface area contributed by atoms with Crippen LogP contribution in [0.3, 0.4) is 0 Å². The van der Waals surface area contributed by atoms with E-state index >= 15 is 0 Å². The average Bonchev–Trinajstić information content (AvgIpc) is 2.66. The number of nitrogens with two attached hydrogens (primary N) is 1. The van der Waals surface area contributed by atoms with Gasteiger partial charge in [-0.15, -0.1) is 21.7 Å². The first-order valence-corrected chi connectivity index (χ1v) is 5.80. The number of rotatable bonds is 2. The molecule has 2 N–H and O–H groups in total. The Morgan fingerprint density at radius 2 is 1.75 bits per heavy atom. The molecule has 4 atom stereocenters. The van der Waals surface area contributed by atoms with E-state index in [1.54, 1.807) is 0 Å². The van der Waals surface area contributed by atoms with Crippen molar-refractivity contribution < 1.29 is 41.6 Å². The minimum atomic E-state index is -5.57. The second kappa shape index (κ2) is 4.26. The molecule has 20 heavy (non-hydrogen) atoms. The lowest BCUT2D eigenvalue weighted by Gasteiger charge is -2.38. The van der Waals surface area contributed by atoms with E-state index in [0.717, 1.165) is 0 Å². The Balaban J connectivity index is 2.37. The zero-order chi connectivity index (χ0) is 15.5. The second-order valence-electron chi connectivity index (χ2n) is 4.76. The Bertz CT molecular complexity index is 413. The summed E-state index contributed by atoms with van der Waals surface area (Å²) in [7, 11) is 0. The first-order chi connectivity index (χ1) is 8.92. The highest BCUT2D eigenvalue weighted by molar-refractivity contribution is 6.21. The van der Waals surface area contributed by atoms with Crippen molar-refractivity contribution in [3.8, 4) is 0 Å². The third kappa shape index (κ3) is 1.90. The van der Waals surface area contributed by atoms with E-state index in [1.807, 2.05) is 0 Å². The maximum absolute atomic E-state index is 12.9. The molecule has 2 bridgehead atoms. The summed E-state index contributed by atoms with van der Waals surface area (Å²) in [5.74, 6) is -2.03. The summed E-state index contributed by atoms with van der Waals surface area (Å²) in [6, 6.07) is -1.48. The predicted molar refractivity (Wildman–Crippen MR) is 50.2 cm³/mol. The molecule has 12 heteroatoms. The minimum Gasteiger partial charge on any atom is -0.320 e. The van der Waals surface area contributed by atoms with Gasteiger partial charge in [-0.2, -0.15) is 26.3 Å². The molecule has 0 amide bonds. The summed E-state index contributed by atoms with van der Waals surface area (Å²) in [5, 5.41) is 7.44. The zero-order valence-electron chi connectivity index (χ0n) is 9.41. The number of piperidine rings is 1. The normalized spacial score (nSPS) is 36.1. The summed E-state index contributed by atoms with van der Waals surface area (Å²) in [6.45, 7) is 0. The number of alkyl halides is 7. The van der Waals surface area contributed by atoms with Crippen molar-refractivity contribution >= 4 is 11.6 Å². The van der Waals surface area contributed by atoms with Crippen LogP contribution in [-0.4, -0.2) is 40.5 Å². The SMILES string of the molecule is O=[N+]([O-])O[C@@H]1C[C@H]2[C@H](Cl)[C@@H]1[NH2+]C2(C(F)(F)F)C(F)(F)F. The van der Waals surface area contributed by atoms with Gasteiger partial charge in [-0.1, -0.05) is 0 Å². The van der Waals surface area contributed by atoms with Crippen LogP contribution in [0.4, 0.5) is 26.3 Å². The highest BCUT2D eigenvalue weighted by Crippen LogP contribution is 2.54. The topological polar surface area (TPSA) is 69.0 Å². The lowest BCUT2D eigenvalue weighted by molar-refractivity contribution is -0.831. The number of fused-ring (bicyclic) bond motifs is 2. The van der Waals surface area contributed by atoms with Crippen molar-refractivity contribution in [3.63, 3.8) is 0 Å². The number of hydrogen-bond donors (Lipinski definition) is 1. The molecule has 1 heterocycles. The minimum absolute atomic E-state index is 0.0208. The van der Waals surface area contributed by atoms with Gasteiger partial charge in [0.1, 0.15) is 6.04 Å². The van der Waals surface area contributed by atoms with Crippen molar-refractivity contribution in [1.29, 1.82) is 0 Å². The molecule has 1 saturated heterocycles. The zero-order valence-corrected chi connectivity index (χ0v) is 10.2. The van der Waals surface area contributed by atoms with Gasteiger partial charge in [-0.05, 0) is 6.42 Å². The molecular weight excluding hydrogens is 322 g/mol. The van der Waals surface area contributed by atoms with E-state index in [1.165, 1.54) is 0 Å². The van der Waals surface area contributed by atoms with Crippen LogP contribution >= 0.6 is 11.6 Å². The number of halogens is 7. The fraction of sp³-hybridized carbons (Fsp3) is 1.00. The first-order valence-electron chi connectivity index (χ1n) is 5.36. The Kier molecular flexibility index (Phi) is 3.29. The molecule has 2 aliphatic rings. The largest absolute Gasteiger partial charge is 0.454 e. The molecule has 2 fully saturated rings. The lowest BCUT2D eigenvalue weighted by atomic mass is 9.82. The van der Waals surface area contributed by atoms with Crippen molar-refractivity contribution in [2.75, 3.05) is 0 Å². The van der Waals surface area contributed by atoms with E-state index in [-0.39, 0.29) is 5.32 Å². The quantitative estimate of drug-likeness (QED) is 0.356. The summed E-state index contributed by atoms with van der Waals surface area (Å²) in [5.41, 5.74) is -4.03. The van der Waals surface area contributed by atoms with Gasteiger partial charge in [-0.25, -0.2) is 0 Å². The average molecular weight is 330 g/mol. The highest BCUT2D eigenvalue weighted by atomic mass is 35.5. The lowest BCUT2D eigenvalue weighted by Crippen LogP contribution is -3.07. The maximum atomic E-state index is 12.9. The third-order valence-corrected chi connectivity index (χ3v) is 4.46. The van der Waals surface area contributed by atoms with E-state index in [0.29, 0.717) is 0 Å². The van der Waals surface area contributed by atoms with Crippen molar-refractivity contribution in [1.82, 2.24) is 0 Å². The van der Waals surface area contributed by atoms with Crippen LogP contribution < -0.4 is 5.32 Å². The number of hydrogen-bond acceptors (Lipinski definition) is 3. The molecule has 0 unspecified atom stereocenters. The van der Waals surface area contributed by atoms with E-state index in [9.17, 15) is 36.5 Å². The monoisotopic (exact) mass is 329 g/mol. The van der Waals surface area contributed by atoms with Crippen LogP contribution in [0.5, 0.6) is 0 Å². The smallest absolute Gasteiger partial charge is 0.320 e. The summed E-state index contributed by atoms with van der Waals surface area (Å²) < 4.78 is 77.7. The van der Waals surface area contributed by atoms with Crippen molar-refractivity contribution in [2.24, 2.45) is 5.92 Å². The standard InChI is InChI=1S/C8H7ClF6N2O3/c9-4-2-1-3(20-17(18)19)5(4)16-6(2,7(10,11)12)8(13,14)15/h2-5,16H,1H2/p+1/t2-,3+,4-,5+/m0/s1. The number of quaternary nitrogens is 1. The van der Waals surface area contributed by atoms with Crippen LogP contribution in [0.15, 0.2) is 0 Å². The third-order valence-electron chi connectivity index (χ3n) is 3.87. The van der Waals surface area contributed by atoms with E-state index in [2.05, 4.69) is 4.84 Å².